The number of carbonyl (C=O) groups is 1. The molecule has 0 atom stereocenters. The lowest BCUT2D eigenvalue weighted by Crippen LogP contribution is -2.13. The number of aromatic nitrogens is 1. The van der Waals surface area contributed by atoms with Gasteiger partial charge in [-0.25, -0.2) is 0 Å². The minimum Gasteiger partial charge on any atom is -0.385 e. The van der Waals surface area contributed by atoms with E-state index in [1.807, 2.05) is 12.3 Å². The van der Waals surface area contributed by atoms with Crippen molar-refractivity contribution < 1.29 is 9.63 Å². The van der Waals surface area contributed by atoms with E-state index in [0.717, 1.165) is 49.2 Å². The SMILES string of the molecule is C=C(NCCCCCCC(=O)ON)c1ccc(C(C)C)nc1. The molecule has 0 unspecified atom stereocenters. The summed E-state index contributed by atoms with van der Waals surface area (Å²) in [7, 11) is 0. The summed E-state index contributed by atoms with van der Waals surface area (Å²) in [6.45, 7) is 9.16. The normalized spacial score (nSPS) is 10.5. The van der Waals surface area contributed by atoms with Crippen molar-refractivity contribution in [1.82, 2.24) is 10.3 Å². The molecular weight excluding hydrogens is 278 g/mol. The maximum Gasteiger partial charge on any atom is 0.324 e. The summed E-state index contributed by atoms with van der Waals surface area (Å²) in [5.74, 6) is 4.87. The van der Waals surface area contributed by atoms with Gasteiger partial charge in [-0.05, 0) is 30.9 Å². The van der Waals surface area contributed by atoms with Gasteiger partial charge in [-0.1, -0.05) is 33.3 Å². The van der Waals surface area contributed by atoms with Gasteiger partial charge in [0.25, 0.3) is 0 Å². The van der Waals surface area contributed by atoms with Gasteiger partial charge in [0.2, 0.25) is 0 Å². The van der Waals surface area contributed by atoms with Crippen LogP contribution in [0.3, 0.4) is 0 Å². The zero-order chi connectivity index (χ0) is 16.4. The molecule has 1 aromatic heterocycles. The van der Waals surface area contributed by atoms with E-state index in [4.69, 9.17) is 5.90 Å². The lowest BCUT2D eigenvalue weighted by atomic mass is 10.1. The predicted molar refractivity (Wildman–Crippen MR) is 88.7 cm³/mol. The van der Waals surface area contributed by atoms with Gasteiger partial charge in [0.1, 0.15) is 0 Å². The standard InChI is InChI=1S/C17H27N3O2/c1-13(2)16-10-9-15(12-20-16)14(3)19-11-7-5-4-6-8-17(21)22-18/h9-10,12-13,19H,3-8,11,18H2,1-2H3. The molecule has 3 N–H and O–H groups in total. The highest BCUT2D eigenvalue weighted by molar-refractivity contribution is 5.68. The fraction of sp³-hybridized carbons (Fsp3) is 0.529. The Morgan fingerprint density at radius 2 is 2.05 bits per heavy atom. The summed E-state index contributed by atoms with van der Waals surface area (Å²) in [4.78, 5) is 19.4. The van der Waals surface area contributed by atoms with E-state index in [-0.39, 0.29) is 5.97 Å². The van der Waals surface area contributed by atoms with E-state index in [0.29, 0.717) is 12.3 Å². The third-order valence-corrected chi connectivity index (χ3v) is 3.50. The molecule has 0 saturated carbocycles. The molecule has 122 valence electrons. The third-order valence-electron chi connectivity index (χ3n) is 3.50. The lowest BCUT2D eigenvalue weighted by molar-refractivity contribution is -0.144. The summed E-state index contributed by atoms with van der Waals surface area (Å²) in [5, 5.41) is 3.31. The predicted octanol–water partition coefficient (Wildman–Crippen LogP) is 3.13. The monoisotopic (exact) mass is 305 g/mol. The Kier molecular flexibility index (Phi) is 8.22. The molecule has 5 nitrogen and oxygen atoms in total. The van der Waals surface area contributed by atoms with Crippen molar-refractivity contribution in [3.63, 3.8) is 0 Å². The Morgan fingerprint density at radius 3 is 2.64 bits per heavy atom. The average Bonchev–Trinajstić information content (AvgIpc) is 2.53. The largest absolute Gasteiger partial charge is 0.385 e. The van der Waals surface area contributed by atoms with Crippen LogP contribution in [0.15, 0.2) is 24.9 Å². The molecule has 0 fully saturated rings. The van der Waals surface area contributed by atoms with E-state index in [9.17, 15) is 4.79 Å². The number of nitrogens with two attached hydrogens (primary N) is 1. The Balaban J connectivity index is 2.16. The molecule has 0 radical (unpaired) electrons. The summed E-state index contributed by atoms with van der Waals surface area (Å²) >= 11 is 0. The molecule has 0 aliphatic carbocycles. The van der Waals surface area contributed by atoms with Crippen LogP contribution in [0, 0.1) is 0 Å². The summed E-state index contributed by atoms with van der Waals surface area (Å²) in [6.07, 6.45) is 6.16. The summed E-state index contributed by atoms with van der Waals surface area (Å²) in [5.41, 5.74) is 3.01. The van der Waals surface area contributed by atoms with E-state index in [2.05, 4.69) is 41.6 Å². The van der Waals surface area contributed by atoms with Gasteiger partial charge in [0.05, 0.1) is 0 Å². The number of carbonyl (C=O) groups excluding carboxylic acids is 1. The molecular formula is C17H27N3O2. The zero-order valence-electron chi connectivity index (χ0n) is 13.6. The van der Waals surface area contributed by atoms with E-state index in [1.54, 1.807) is 0 Å². The Labute approximate surface area is 132 Å². The van der Waals surface area contributed by atoms with Crippen LogP contribution in [-0.2, 0) is 9.63 Å². The second-order valence-electron chi connectivity index (χ2n) is 5.69. The van der Waals surface area contributed by atoms with Crippen molar-refractivity contribution in [3.8, 4) is 0 Å². The Hall–Kier alpha value is -1.88. The van der Waals surface area contributed by atoms with Crippen molar-refractivity contribution in [1.29, 1.82) is 0 Å². The van der Waals surface area contributed by atoms with Gasteiger partial charge >= 0.3 is 5.97 Å². The van der Waals surface area contributed by atoms with Crippen LogP contribution in [0.2, 0.25) is 0 Å². The molecule has 0 saturated heterocycles. The molecule has 5 heteroatoms. The fourth-order valence-corrected chi connectivity index (χ4v) is 2.07. The van der Waals surface area contributed by atoms with Crippen molar-refractivity contribution in [2.75, 3.05) is 6.54 Å². The van der Waals surface area contributed by atoms with Crippen molar-refractivity contribution in [3.05, 3.63) is 36.2 Å². The first-order valence-electron chi connectivity index (χ1n) is 7.83. The third kappa shape index (κ3) is 6.72. The second-order valence-corrected chi connectivity index (χ2v) is 5.69. The van der Waals surface area contributed by atoms with Gasteiger partial charge in [0.15, 0.2) is 0 Å². The van der Waals surface area contributed by atoms with E-state index in [1.165, 1.54) is 0 Å². The van der Waals surface area contributed by atoms with Crippen LogP contribution in [0.4, 0.5) is 0 Å². The van der Waals surface area contributed by atoms with Crippen LogP contribution in [0.5, 0.6) is 0 Å². The molecule has 0 aliphatic rings. The minimum atomic E-state index is -0.344. The lowest BCUT2D eigenvalue weighted by Gasteiger charge is -2.11. The van der Waals surface area contributed by atoms with Crippen molar-refractivity contribution in [2.45, 2.75) is 51.9 Å². The first kappa shape index (κ1) is 18.2. The molecule has 0 amide bonds. The quantitative estimate of drug-likeness (QED) is 0.513. The van der Waals surface area contributed by atoms with E-state index >= 15 is 0 Å². The van der Waals surface area contributed by atoms with Crippen LogP contribution in [-0.4, -0.2) is 17.5 Å². The van der Waals surface area contributed by atoms with E-state index < -0.39 is 0 Å². The smallest absolute Gasteiger partial charge is 0.324 e. The molecule has 0 aromatic carbocycles. The number of pyridine rings is 1. The highest BCUT2D eigenvalue weighted by Crippen LogP contribution is 2.14. The molecule has 1 rings (SSSR count). The van der Waals surface area contributed by atoms with Crippen LogP contribution in [0.25, 0.3) is 5.70 Å². The first-order valence-corrected chi connectivity index (χ1v) is 7.83. The first-order chi connectivity index (χ1) is 10.5. The number of nitrogens with one attached hydrogen (secondary N) is 1. The van der Waals surface area contributed by atoms with Gasteiger partial charge in [-0.2, -0.15) is 5.90 Å². The molecule has 0 aliphatic heterocycles. The molecule has 0 spiro atoms. The number of hydrogen-bond acceptors (Lipinski definition) is 5. The molecule has 1 heterocycles. The summed E-state index contributed by atoms with van der Waals surface area (Å²) in [6, 6.07) is 4.10. The average molecular weight is 305 g/mol. The summed E-state index contributed by atoms with van der Waals surface area (Å²) < 4.78 is 0. The van der Waals surface area contributed by atoms with Crippen LogP contribution < -0.4 is 11.2 Å². The maximum atomic E-state index is 10.8. The number of rotatable bonds is 10. The number of hydrogen-bond donors (Lipinski definition) is 2. The van der Waals surface area contributed by atoms with Crippen LogP contribution in [0.1, 0.15) is 63.1 Å². The topological polar surface area (TPSA) is 77.2 Å². The maximum absolute atomic E-state index is 10.8. The number of nitrogens with zero attached hydrogens (tertiary/aromatic N) is 1. The fourth-order valence-electron chi connectivity index (χ4n) is 2.07. The van der Waals surface area contributed by atoms with Gasteiger partial charge in [0, 0.05) is 36.1 Å². The number of unbranched alkanes of at least 4 members (excludes halogenated alkanes) is 3. The highest BCUT2D eigenvalue weighted by atomic mass is 16.7. The Bertz CT molecular complexity index is 469. The highest BCUT2D eigenvalue weighted by Gasteiger charge is 2.03. The van der Waals surface area contributed by atoms with Crippen molar-refractivity contribution in [2.24, 2.45) is 5.90 Å². The molecule has 1 aromatic rings. The Morgan fingerprint density at radius 1 is 1.32 bits per heavy atom. The molecule has 0 bridgehead atoms. The second kappa shape index (κ2) is 9.95. The van der Waals surface area contributed by atoms with Gasteiger partial charge < -0.3 is 10.2 Å². The van der Waals surface area contributed by atoms with Crippen molar-refractivity contribution >= 4 is 11.7 Å². The van der Waals surface area contributed by atoms with Gasteiger partial charge in [-0.3, -0.25) is 9.78 Å². The van der Waals surface area contributed by atoms with Gasteiger partial charge in [-0.15, -0.1) is 0 Å². The van der Waals surface area contributed by atoms with Crippen LogP contribution >= 0.6 is 0 Å². The molecule has 22 heavy (non-hydrogen) atoms. The minimum absolute atomic E-state index is 0.344. The zero-order valence-corrected chi connectivity index (χ0v) is 13.6.